The average Bonchev–Trinajstić information content (AvgIpc) is 3.07. The lowest BCUT2D eigenvalue weighted by Gasteiger charge is -2.30. The fraction of sp³-hybridized carbons (Fsp3) is 0.462. The molecule has 0 spiro atoms. The molecule has 0 aliphatic carbocycles. The summed E-state index contributed by atoms with van der Waals surface area (Å²) >= 11 is 0. The Morgan fingerprint density at radius 3 is 1.82 bits per heavy atom. The van der Waals surface area contributed by atoms with E-state index in [0.717, 1.165) is 21.9 Å². The summed E-state index contributed by atoms with van der Waals surface area (Å²) in [5.74, 6) is -4.27. The first-order chi connectivity index (χ1) is 23.7. The minimum Gasteiger partial charge on any atom is -0.480 e. The second-order valence-electron chi connectivity index (χ2n) is 13.7. The highest BCUT2D eigenvalue weighted by molar-refractivity contribution is 5.91. The molecule has 2 unspecified atom stereocenters. The number of carboxylic acid groups (broad SMARTS) is 1. The van der Waals surface area contributed by atoms with Crippen molar-refractivity contribution in [2.45, 2.75) is 97.5 Å². The van der Waals surface area contributed by atoms with Crippen LogP contribution in [0.15, 0.2) is 72.8 Å². The standard InChI is InChI=1S/C39H52N4O7/c1-7-25(6)36(38(48)43-35(24(4)5)39(49)50)42-33(46)22-31(44)30(20-26-13-9-8-10-14-26)40-37(47)34(23(2)3)41-32(45)21-27-17-18-28-15-11-12-16-29(28)19-27/h8-19,23-25,30-31,34-36,44H,7,20-22H2,1-6H3,(H,40,47)(H,41,45)(H,42,46)(H,43,48)(H,49,50)/t25-,30?,31?,34-,35-,36-/m0/s1. The van der Waals surface area contributed by atoms with Crippen LogP contribution in [0.5, 0.6) is 0 Å². The van der Waals surface area contributed by atoms with Gasteiger partial charge in [-0.05, 0) is 46.1 Å². The van der Waals surface area contributed by atoms with Gasteiger partial charge in [0.15, 0.2) is 0 Å². The van der Waals surface area contributed by atoms with Gasteiger partial charge in [-0.15, -0.1) is 0 Å². The fourth-order valence-electron chi connectivity index (χ4n) is 5.74. The fourth-order valence-corrected chi connectivity index (χ4v) is 5.74. The van der Waals surface area contributed by atoms with E-state index in [4.69, 9.17) is 0 Å². The summed E-state index contributed by atoms with van der Waals surface area (Å²) in [4.78, 5) is 65.0. The van der Waals surface area contributed by atoms with Crippen molar-refractivity contribution < 1.29 is 34.2 Å². The normalized spacial score (nSPS) is 15.0. The van der Waals surface area contributed by atoms with Gasteiger partial charge in [0.05, 0.1) is 25.0 Å². The van der Waals surface area contributed by atoms with E-state index in [0.29, 0.717) is 6.42 Å². The highest BCUT2D eigenvalue weighted by Gasteiger charge is 2.33. The molecule has 11 heteroatoms. The number of amides is 4. The predicted molar refractivity (Wildman–Crippen MR) is 193 cm³/mol. The second-order valence-corrected chi connectivity index (χ2v) is 13.7. The lowest BCUT2D eigenvalue weighted by atomic mass is 9.95. The zero-order chi connectivity index (χ0) is 37.0. The molecule has 0 bridgehead atoms. The van der Waals surface area contributed by atoms with Gasteiger partial charge in [0.2, 0.25) is 23.6 Å². The molecule has 50 heavy (non-hydrogen) atoms. The van der Waals surface area contributed by atoms with Gasteiger partial charge < -0.3 is 31.5 Å². The van der Waals surface area contributed by atoms with E-state index in [1.54, 1.807) is 20.8 Å². The smallest absolute Gasteiger partial charge is 0.326 e. The third-order valence-electron chi connectivity index (χ3n) is 8.97. The van der Waals surface area contributed by atoms with Gasteiger partial charge in [-0.2, -0.15) is 0 Å². The molecule has 0 fully saturated rings. The SMILES string of the molecule is CC[C@H](C)[C@H](NC(=O)CC(O)C(Cc1ccccc1)NC(=O)[C@@H](NC(=O)Cc1ccc2ccccc2c1)C(C)C)C(=O)N[C@H](C(=O)O)C(C)C. The molecule has 6 N–H and O–H groups in total. The summed E-state index contributed by atoms with van der Waals surface area (Å²) in [6, 6.07) is 18.8. The molecule has 11 nitrogen and oxygen atoms in total. The maximum Gasteiger partial charge on any atom is 0.326 e. The number of carboxylic acids is 1. The summed E-state index contributed by atoms with van der Waals surface area (Å²) in [7, 11) is 0. The Morgan fingerprint density at radius 2 is 1.22 bits per heavy atom. The Balaban J connectivity index is 1.74. The highest BCUT2D eigenvalue weighted by atomic mass is 16.4. The minimum atomic E-state index is -1.36. The van der Waals surface area contributed by atoms with Crippen LogP contribution < -0.4 is 21.3 Å². The number of aliphatic hydroxyl groups excluding tert-OH is 1. The molecule has 0 saturated carbocycles. The number of rotatable bonds is 18. The topological polar surface area (TPSA) is 174 Å². The number of hydrogen-bond acceptors (Lipinski definition) is 6. The molecule has 6 atom stereocenters. The molecule has 0 aliphatic heterocycles. The Labute approximate surface area is 294 Å². The Bertz CT molecular complexity index is 1610. The molecule has 3 aromatic carbocycles. The van der Waals surface area contributed by atoms with E-state index >= 15 is 0 Å². The van der Waals surface area contributed by atoms with Gasteiger partial charge in [0.25, 0.3) is 0 Å². The number of hydrogen-bond donors (Lipinski definition) is 6. The monoisotopic (exact) mass is 688 g/mol. The average molecular weight is 689 g/mol. The molecule has 0 aromatic heterocycles. The van der Waals surface area contributed by atoms with Gasteiger partial charge in [-0.1, -0.05) is 121 Å². The van der Waals surface area contributed by atoms with E-state index in [1.165, 1.54) is 0 Å². The van der Waals surface area contributed by atoms with Crippen molar-refractivity contribution in [2.24, 2.45) is 17.8 Å². The summed E-state index contributed by atoms with van der Waals surface area (Å²) in [5.41, 5.74) is 1.61. The number of carbonyl (C=O) groups excluding carboxylic acids is 4. The lowest BCUT2D eigenvalue weighted by molar-refractivity contribution is -0.143. The van der Waals surface area contributed by atoms with E-state index in [-0.39, 0.29) is 36.5 Å². The number of carbonyl (C=O) groups is 5. The van der Waals surface area contributed by atoms with Crippen LogP contribution >= 0.6 is 0 Å². The van der Waals surface area contributed by atoms with Crippen molar-refractivity contribution in [3.8, 4) is 0 Å². The van der Waals surface area contributed by atoms with E-state index < -0.39 is 60.4 Å². The Hall–Kier alpha value is -4.77. The van der Waals surface area contributed by atoms with Gasteiger partial charge in [-0.3, -0.25) is 19.2 Å². The van der Waals surface area contributed by atoms with E-state index in [9.17, 15) is 34.2 Å². The lowest BCUT2D eigenvalue weighted by Crippen LogP contribution is -2.57. The quantitative estimate of drug-likeness (QED) is 0.118. The number of benzene rings is 3. The van der Waals surface area contributed by atoms with Crippen LogP contribution in [0, 0.1) is 17.8 Å². The number of aliphatic carboxylic acids is 1. The summed E-state index contributed by atoms with van der Waals surface area (Å²) in [6.45, 7) is 10.6. The van der Waals surface area contributed by atoms with Crippen molar-refractivity contribution in [3.05, 3.63) is 83.9 Å². The molecule has 0 saturated heterocycles. The maximum absolute atomic E-state index is 13.7. The highest BCUT2D eigenvalue weighted by Crippen LogP contribution is 2.17. The number of fused-ring (bicyclic) bond motifs is 1. The molecule has 3 aromatic rings. The molecular formula is C39H52N4O7. The third-order valence-corrected chi connectivity index (χ3v) is 8.97. The molecule has 0 radical (unpaired) electrons. The van der Waals surface area contributed by atoms with Crippen molar-refractivity contribution in [1.82, 2.24) is 21.3 Å². The maximum atomic E-state index is 13.7. The first-order valence-corrected chi connectivity index (χ1v) is 17.3. The van der Waals surface area contributed by atoms with Crippen LogP contribution in [0.3, 0.4) is 0 Å². The van der Waals surface area contributed by atoms with E-state index in [1.807, 2.05) is 93.6 Å². The summed E-state index contributed by atoms with van der Waals surface area (Å²) in [6.07, 6.45) is -1.00. The molecule has 4 amide bonds. The molecular weight excluding hydrogens is 636 g/mol. The van der Waals surface area contributed by atoms with Crippen molar-refractivity contribution in [1.29, 1.82) is 0 Å². The van der Waals surface area contributed by atoms with Gasteiger partial charge in [0.1, 0.15) is 18.1 Å². The van der Waals surface area contributed by atoms with Crippen LogP contribution in [0.2, 0.25) is 0 Å². The molecule has 0 heterocycles. The van der Waals surface area contributed by atoms with E-state index in [2.05, 4.69) is 21.3 Å². The van der Waals surface area contributed by atoms with Crippen LogP contribution in [0.25, 0.3) is 10.8 Å². The largest absolute Gasteiger partial charge is 0.480 e. The van der Waals surface area contributed by atoms with Gasteiger partial charge in [0, 0.05) is 0 Å². The number of aliphatic hydroxyl groups is 1. The van der Waals surface area contributed by atoms with Crippen LogP contribution in [0.1, 0.15) is 65.5 Å². The molecule has 3 rings (SSSR count). The minimum absolute atomic E-state index is 0.0763. The first-order valence-electron chi connectivity index (χ1n) is 17.3. The molecule has 270 valence electrons. The van der Waals surface area contributed by atoms with Crippen LogP contribution in [-0.2, 0) is 36.8 Å². The van der Waals surface area contributed by atoms with Crippen LogP contribution in [-0.4, -0.2) is 70.1 Å². The first kappa shape index (κ1) is 39.7. The Morgan fingerprint density at radius 1 is 0.640 bits per heavy atom. The predicted octanol–water partition coefficient (Wildman–Crippen LogP) is 3.76. The molecule has 0 aliphatic rings. The van der Waals surface area contributed by atoms with Crippen molar-refractivity contribution >= 4 is 40.4 Å². The second kappa shape index (κ2) is 18.8. The van der Waals surface area contributed by atoms with Crippen LogP contribution in [0.4, 0.5) is 0 Å². The van der Waals surface area contributed by atoms with Crippen molar-refractivity contribution in [3.63, 3.8) is 0 Å². The zero-order valence-electron chi connectivity index (χ0n) is 29.8. The zero-order valence-corrected chi connectivity index (χ0v) is 29.8. The summed E-state index contributed by atoms with van der Waals surface area (Å²) < 4.78 is 0. The van der Waals surface area contributed by atoms with Gasteiger partial charge >= 0.3 is 5.97 Å². The van der Waals surface area contributed by atoms with Crippen molar-refractivity contribution in [2.75, 3.05) is 0 Å². The summed E-state index contributed by atoms with van der Waals surface area (Å²) in [5, 5.41) is 33.9. The Kier molecular flexibility index (Phi) is 14.9. The third kappa shape index (κ3) is 11.7. The van der Waals surface area contributed by atoms with Gasteiger partial charge in [-0.25, -0.2) is 4.79 Å². The number of nitrogens with one attached hydrogen (secondary N) is 4.